The standard InChI is InChI=1S/C18H20N8O/c1-24-9-12-4-5-14(17(24)27)26(12)18-19-7-13-16(21-18)15(23-22-13)10-6-20-25(8-10)11-2-3-11/h6-8,11-12,14H,2-5,9H2,1H3,(H,22,23)/t12-,14+/m0/s1. The van der Waals surface area contributed by atoms with Crippen LogP contribution in [0.5, 0.6) is 0 Å². The number of fused-ring (bicyclic) bond motifs is 3. The van der Waals surface area contributed by atoms with Crippen LogP contribution >= 0.6 is 0 Å². The minimum Gasteiger partial charge on any atom is -0.342 e. The molecule has 3 aromatic heterocycles. The van der Waals surface area contributed by atoms with E-state index in [-0.39, 0.29) is 18.0 Å². The zero-order chi connectivity index (χ0) is 18.1. The van der Waals surface area contributed by atoms with E-state index >= 15 is 0 Å². The number of carbonyl (C=O) groups excluding carboxylic acids is 1. The summed E-state index contributed by atoms with van der Waals surface area (Å²) < 4.78 is 2.01. The lowest BCUT2D eigenvalue weighted by atomic mass is 10.2. The van der Waals surface area contributed by atoms with Gasteiger partial charge in [-0.05, 0) is 25.7 Å². The summed E-state index contributed by atoms with van der Waals surface area (Å²) in [6.07, 6.45) is 9.89. The number of amides is 1. The van der Waals surface area contributed by atoms with Gasteiger partial charge < -0.3 is 9.80 Å². The number of nitrogens with one attached hydrogen (secondary N) is 1. The predicted octanol–water partition coefficient (Wildman–Crippen LogP) is 1.36. The van der Waals surface area contributed by atoms with Crippen molar-refractivity contribution in [2.45, 2.75) is 43.8 Å². The van der Waals surface area contributed by atoms with E-state index in [1.165, 1.54) is 12.8 Å². The Morgan fingerprint density at radius 3 is 2.85 bits per heavy atom. The summed E-state index contributed by atoms with van der Waals surface area (Å²) in [4.78, 5) is 25.8. The quantitative estimate of drug-likeness (QED) is 0.754. The maximum absolute atomic E-state index is 12.5. The van der Waals surface area contributed by atoms with E-state index in [0.29, 0.717) is 12.0 Å². The number of hydrogen-bond acceptors (Lipinski definition) is 6. The van der Waals surface area contributed by atoms with Gasteiger partial charge in [0.1, 0.15) is 22.8 Å². The van der Waals surface area contributed by atoms with Crippen molar-refractivity contribution in [3.63, 3.8) is 0 Å². The molecule has 1 amide bonds. The number of aromatic amines is 1. The van der Waals surface area contributed by atoms with Gasteiger partial charge in [-0.25, -0.2) is 9.97 Å². The Kier molecular flexibility index (Phi) is 2.95. The van der Waals surface area contributed by atoms with Gasteiger partial charge >= 0.3 is 0 Å². The fourth-order valence-electron chi connectivity index (χ4n) is 4.40. The molecule has 1 N–H and O–H groups in total. The summed E-state index contributed by atoms with van der Waals surface area (Å²) in [6.45, 7) is 0.725. The van der Waals surface area contributed by atoms with Crippen molar-refractivity contribution in [3.05, 3.63) is 18.6 Å². The molecule has 3 aliphatic rings. The highest BCUT2D eigenvalue weighted by Crippen LogP contribution is 2.37. The molecular formula is C18H20N8O. The third-order valence-corrected chi connectivity index (χ3v) is 5.96. The van der Waals surface area contributed by atoms with Crippen molar-refractivity contribution < 1.29 is 4.79 Å². The Morgan fingerprint density at radius 2 is 2.00 bits per heavy atom. The van der Waals surface area contributed by atoms with E-state index in [1.807, 2.05) is 29.0 Å². The molecule has 0 radical (unpaired) electrons. The molecule has 6 rings (SSSR count). The average Bonchev–Trinajstić information content (AvgIpc) is 3.13. The lowest BCUT2D eigenvalue weighted by Gasteiger charge is -2.38. The number of carbonyl (C=O) groups is 1. The van der Waals surface area contributed by atoms with Crippen molar-refractivity contribution >= 4 is 22.9 Å². The fraction of sp³-hybridized carbons (Fsp3) is 0.500. The smallest absolute Gasteiger partial charge is 0.245 e. The number of nitrogens with zero attached hydrogens (tertiary/aromatic N) is 7. The lowest BCUT2D eigenvalue weighted by Crippen LogP contribution is -2.56. The van der Waals surface area contributed by atoms with Gasteiger partial charge in [-0.3, -0.25) is 14.6 Å². The van der Waals surface area contributed by atoms with E-state index in [9.17, 15) is 4.79 Å². The summed E-state index contributed by atoms with van der Waals surface area (Å²) >= 11 is 0. The van der Waals surface area contributed by atoms with Crippen molar-refractivity contribution in [1.29, 1.82) is 0 Å². The highest BCUT2D eigenvalue weighted by molar-refractivity contribution is 5.91. The Balaban J connectivity index is 1.41. The molecule has 2 saturated heterocycles. The summed E-state index contributed by atoms with van der Waals surface area (Å²) in [6, 6.07) is 0.656. The number of likely N-dealkylation sites (N-methyl/N-ethyl adjacent to an activating group) is 1. The van der Waals surface area contributed by atoms with E-state index in [0.717, 1.165) is 41.7 Å². The zero-order valence-corrected chi connectivity index (χ0v) is 15.0. The summed E-state index contributed by atoms with van der Waals surface area (Å²) in [5.41, 5.74) is 3.31. The first-order valence-electron chi connectivity index (χ1n) is 9.48. The molecule has 3 aromatic rings. The molecule has 0 aromatic carbocycles. The molecule has 3 fully saturated rings. The van der Waals surface area contributed by atoms with Gasteiger partial charge in [0.25, 0.3) is 0 Å². The van der Waals surface area contributed by atoms with Crippen LogP contribution in [-0.4, -0.2) is 66.4 Å². The monoisotopic (exact) mass is 364 g/mol. The zero-order valence-electron chi connectivity index (χ0n) is 15.0. The van der Waals surface area contributed by atoms with Crippen LogP contribution in [0, 0.1) is 0 Å². The van der Waals surface area contributed by atoms with E-state index in [1.54, 1.807) is 6.20 Å². The second kappa shape index (κ2) is 5.28. The number of hydrogen-bond donors (Lipinski definition) is 1. The Morgan fingerprint density at radius 1 is 1.15 bits per heavy atom. The first-order valence-corrected chi connectivity index (χ1v) is 9.48. The Labute approximate surface area is 155 Å². The topological polar surface area (TPSA) is 95.8 Å². The Hall–Kier alpha value is -2.97. The van der Waals surface area contributed by atoms with Crippen molar-refractivity contribution in [2.75, 3.05) is 18.5 Å². The van der Waals surface area contributed by atoms with Crippen LogP contribution in [0.15, 0.2) is 18.6 Å². The summed E-state index contributed by atoms with van der Waals surface area (Å²) in [5.74, 6) is 0.777. The Bertz CT molecular complexity index is 1050. The van der Waals surface area contributed by atoms with Crippen LogP contribution in [0.1, 0.15) is 31.7 Å². The molecule has 5 heterocycles. The highest BCUT2D eigenvalue weighted by atomic mass is 16.2. The SMILES string of the molecule is CN1C[C@@H]2CC[C@H](C1=O)N2c1ncc2[nH]nc(-c3cnn(C4CC4)c3)c2n1. The van der Waals surface area contributed by atoms with Crippen molar-refractivity contribution in [3.8, 4) is 11.3 Å². The second-order valence-corrected chi connectivity index (χ2v) is 7.82. The predicted molar refractivity (Wildman–Crippen MR) is 98.1 cm³/mol. The van der Waals surface area contributed by atoms with Gasteiger partial charge in [0.15, 0.2) is 0 Å². The van der Waals surface area contributed by atoms with Crippen molar-refractivity contribution in [1.82, 2.24) is 34.8 Å². The molecule has 1 saturated carbocycles. The number of rotatable bonds is 3. The molecular weight excluding hydrogens is 344 g/mol. The van der Waals surface area contributed by atoms with E-state index in [4.69, 9.17) is 4.98 Å². The fourth-order valence-corrected chi connectivity index (χ4v) is 4.40. The molecule has 9 heteroatoms. The van der Waals surface area contributed by atoms with Gasteiger partial charge in [0.05, 0.1) is 24.5 Å². The summed E-state index contributed by atoms with van der Waals surface area (Å²) in [7, 11) is 1.88. The van der Waals surface area contributed by atoms with Crippen LogP contribution in [-0.2, 0) is 4.79 Å². The third kappa shape index (κ3) is 2.20. The number of H-pyrrole nitrogens is 1. The molecule has 27 heavy (non-hydrogen) atoms. The maximum atomic E-state index is 12.5. The highest BCUT2D eigenvalue weighted by Gasteiger charge is 2.45. The van der Waals surface area contributed by atoms with E-state index < -0.39 is 0 Å². The van der Waals surface area contributed by atoms with Crippen LogP contribution in [0.3, 0.4) is 0 Å². The third-order valence-electron chi connectivity index (χ3n) is 5.96. The molecule has 9 nitrogen and oxygen atoms in total. The summed E-state index contributed by atoms with van der Waals surface area (Å²) in [5, 5.41) is 11.9. The molecule has 0 spiro atoms. The van der Waals surface area contributed by atoms with Crippen molar-refractivity contribution in [2.24, 2.45) is 0 Å². The minimum atomic E-state index is -0.154. The first-order chi connectivity index (χ1) is 13.2. The number of likely N-dealkylation sites (tertiary alicyclic amines) is 1. The number of piperazine rings is 1. The maximum Gasteiger partial charge on any atom is 0.245 e. The van der Waals surface area contributed by atoms with Crippen LogP contribution < -0.4 is 4.90 Å². The lowest BCUT2D eigenvalue weighted by molar-refractivity contribution is -0.132. The van der Waals surface area contributed by atoms with Crippen LogP contribution in [0.2, 0.25) is 0 Å². The molecule has 2 aliphatic heterocycles. The van der Waals surface area contributed by atoms with Crippen LogP contribution in [0.4, 0.5) is 5.95 Å². The van der Waals surface area contributed by atoms with Crippen LogP contribution in [0.25, 0.3) is 22.3 Å². The number of aromatic nitrogens is 6. The minimum absolute atomic E-state index is 0.154. The first kappa shape index (κ1) is 15.1. The second-order valence-electron chi connectivity index (χ2n) is 7.82. The molecule has 1 aliphatic carbocycles. The molecule has 2 bridgehead atoms. The van der Waals surface area contributed by atoms with E-state index in [2.05, 4.69) is 25.2 Å². The van der Waals surface area contributed by atoms with Gasteiger partial charge in [0, 0.05) is 25.4 Å². The normalized spacial score (nSPS) is 25.0. The van der Waals surface area contributed by atoms with Gasteiger partial charge in [0.2, 0.25) is 11.9 Å². The van der Waals surface area contributed by atoms with Gasteiger partial charge in [-0.2, -0.15) is 10.2 Å². The number of anilines is 1. The van der Waals surface area contributed by atoms with Gasteiger partial charge in [-0.15, -0.1) is 0 Å². The molecule has 0 unspecified atom stereocenters. The van der Waals surface area contributed by atoms with Gasteiger partial charge in [-0.1, -0.05) is 0 Å². The largest absolute Gasteiger partial charge is 0.342 e. The molecule has 138 valence electrons. The molecule has 2 atom stereocenters. The average molecular weight is 364 g/mol.